The highest BCUT2D eigenvalue weighted by Crippen LogP contribution is 2.28. The molecule has 1 heterocycles. The molecule has 0 radical (unpaired) electrons. The maximum absolute atomic E-state index is 4.49. The van der Waals surface area contributed by atoms with Crippen LogP contribution in [0.5, 0.6) is 0 Å². The van der Waals surface area contributed by atoms with Gasteiger partial charge in [0.15, 0.2) is 5.96 Å². The molecule has 1 saturated heterocycles. The fraction of sp³-hybridized carbons (Fsp3) is 0.938. The molecule has 1 atom stereocenters. The largest absolute Gasteiger partial charge is 0.355 e. The van der Waals surface area contributed by atoms with Crippen LogP contribution in [0, 0.1) is 0 Å². The summed E-state index contributed by atoms with van der Waals surface area (Å²) in [5.41, 5.74) is 0. The van der Waals surface area contributed by atoms with Gasteiger partial charge in [0.05, 0.1) is 0 Å². The number of hydrogen-bond donors (Lipinski definition) is 1. The summed E-state index contributed by atoms with van der Waals surface area (Å²) in [4.78, 5) is 9.54. The average molecular weight is 440 g/mol. The van der Waals surface area contributed by atoms with Crippen LogP contribution < -0.4 is 5.32 Å². The van der Waals surface area contributed by atoms with Crippen molar-refractivity contribution in [2.24, 2.45) is 4.99 Å². The van der Waals surface area contributed by atoms with Crippen LogP contribution in [-0.2, 0) is 0 Å². The second-order valence-corrected chi connectivity index (χ2v) is 7.79. The van der Waals surface area contributed by atoms with E-state index in [1.54, 1.807) is 0 Å². The van der Waals surface area contributed by atoms with E-state index in [-0.39, 0.29) is 24.0 Å². The first kappa shape index (κ1) is 20.4. The van der Waals surface area contributed by atoms with Crippen LogP contribution in [0.2, 0.25) is 0 Å². The highest BCUT2D eigenvalue weighted by Gasteiger charge is 2.30. The van der Waals surface area contributed by atoms with Crippen molar-refractivity contribution < 1.29 is 0 Å². The molecule has 2 fully saturated rings. The number of halogens is 1. The first-order chi connectivity index (χ1) is 10.2. The minimum atomic E-state index is 0. The Morgan fingerprint density at radius 2 is 2.14 bits per heavy atom. The van der Waals surface area contributed by atoms with E-state index in [1.807, 2.05) is 7.05 Å². The van der Waals surface area contributed by atoms with E-state index in [0.717, 1.165) is 43.4 Å². The van der Waals surface area contributed by atoms with Gasteiger partial charge >= 0.3 is 0 Å². The molecule has 0 bridgehead atoms. The third-order valence-corrected chi connectivity index (χ3v) is 5.81. The predicted octanol–water partition coefficient (Wildman–Crippen LogP) is 2.88. The lowest BCUT2D eigenvalue weighted by Crippen LogP contribution is -2.49. The fourth-order valence-corrected chi connectivity index (χ4v) is 4.24. The number of guanidine groups is 1. The van der Waals surface area contributed by atoms with Crippen molar-refractivity contribution in [2.75, 3.05) is 39.0 Å². The SMILES string of the molecule is CCC1CN(C(=NC)NCCN(C(C)C)C2CC2)CCS1.I. The van der Waals surface area contributed by atoms with Crippen molar-refractivity contribution >= 4 is 41.7 Å². The molecule has 1 aliphatic heterocycles. The van der Waals surface area contributed by atoms with E-state index in [4.69, 9.17) is 0 Å². The Kier molecular flexibility index (Phi) is 9.47. The van der Waals surface area contributed by atoms with Crippen molar-refractivity contribution in [1.29, 1.82) is 0 Å². The molecular weight excluding hydrogens is 407 g/mol. The Hall–Kier alpha value is 0.310. The minimum Gasteiger partial charge on any atom is -0.355 e. The lowest BCUT2D eigenvalue weighted by Gasteiger charge is -2.35. The molecule has 1 N–H and O–H groups in total. The van der Waals surface area contributed by atoms with Crippen molar-refractivity contribution in [3.8, 4) is 0 Å². The zero-order chi connectivity index (χ0) is 15.2. The molecule has 0 aromatic carbocycles. The highest BCUT2D eigenvalue weighted by atomic mass is 127. The summed E-state index contributed by atoms with van der Waals surface area (Å²) in [6.07, 6.45) is 4.02. The molecule has 2 rings (SSSR count). The zero-order valence-electron chi connectivity index (χ0n) is 14.5. The van der Waals surface area contributed by atoms with Crippen LogP contribution in [-0.4, -0.2) is 72.1 Å². The standard InChI is InChI=1S/C16H32N4S.HI/c1-5-15-12-19(10-11-21-15)16(17-4)18-8-9-20(13(2)3)14-6-7-14;/h13-15H,5-12H2,1-4H3,(H,17,18);1H. The quantitative estimate of drug-likeness (QED) is 0.391. The molecule has 130 valence electrons. The van der Waals surface area contributed by atoms with Crippen molar-refractivity contribution in [3.63, 3.8) is 0 Å². The Bertz CT molecular complexity index is 345. The second kappa shape index (κ2) is 10.2. The van der Waals surface area contributed by atoms with Crippen LogP contribution >= 0.6 is 35.7 Å². The molecule has 22 heavy (non-hydrogen) atoms. The Morgan fingerprint density at radius 3 is 2.68 bits per heavy atom. The summed E-state index contributed by atoms with van der Waals surface area (Å²) in [5.74, 6) is 2.31. The van der Waals surface area contributed by atoms with Gasteiger partial charge < -0.3 is 10.2 Å². The second-order valence-electron chi connectivity index (χ2n) is 6.38. The first-order valence-corrected chi connectivity index (χ1v) is 9.53. The molecule has 0 spiro atoms. The maximum Gasteiger partial charge on any atom is 0.193 e. The maximum atomic E-state index is 4.49. The van der Waals surface area contributed by atoms with Gasteiger partial charge in [-0.3, -0.25) is 9.89 Å². The van der Waals surface area contributed by atoms with Gasteiger partial charge in [-0.25, -0.2) is 0 Å². The minimum absolute atomic E-state index is 0. The molecule has 1 unspecified atom stereocenters. The number of nitrogens with zero attached hydrogens (tertiary/aromatic N) is 3. The fourth-order valence-electron chi connectivity index (χ4n) is 3.06. The van der Waals surface area contributed by atoms with Gasteiger partial charge in [-0.1, -0.05) is 6.92 Å². The third kappa shape index (κ3) is 6.07. The average Bonchev–Trinajstić information content (AvgIpc) is 3.31. The van der Waals surface area contributed by atoms with Crippen LogP contribution in [0.15, 0.2) is 4.99 Å². The number of rotatable bonds is 6. The normalized spacial score (nSPS) is 22.9. The van der Waals surface area contributed by atoms with Gasteiger partial charge in [-0.05, 0) is 33.1 Å². The molecule has 6 heteroatoms. The van der Waals surface area contributed by atoms with E-state index >= 15 is 0 Å². The van der Waals surface area contributed by atoms with Gasteiger partial charge in [0.2, 0.25) is 0 Å². The lowest BCUT2D eigenvalue weighted by molar-refractivity contribution is 0.214. The summed E-state index contributed by atoms with van der Waals surface area (Å²) in [6, 6.07) is 1.49. The molecule has 2 aliphatic rings. The molecule has 0 aromatic heterocycles. The van der Waals surface area contributed by atoms with E-state index in [0.29, 0.717) is 6.04 Å². The smallest absolute Gasteiger partial charge is 0.193 e. The molecule has 4 nitrogen and oxygen atoms in total. The number of hydrogen-bond acceptors (Lipinski definition) is 3. The van der Waals surface area contributed by atoms with Gasteiger partial charge in [-0.15, -0.1) is 24.0 Å². The number of aliphatic imine (C=N–C) groups is 1. The zero-order valence-corrected chi connectivity index (χ0v) is 17.7. The number of thioether (sulfide) groups is 1. The molecule has 1 saturated carbocycles. The van der Waals surface area contributed by atoms with E-state index in [1.165, 1.54) is 25.0 Å². The van der Waals surface area contributed by atoms with Gasteiger partial charge in [0.1, 0.15) is 0 Å². The van der Waals surface area contributed by atoms with Gasteiger partial charge in [0.25, 0.3) is 0 Å². The third-order valence-electron chi connectivity index (χ3n) is 4.44. The topological polar surface area (TPSA) is 30.9 Å². The lowest BCUT2D eigenvalue weighted by atomic mass is 10.3. The highest BCUT2D eigenvalue weighted by molar-refractivity contribution is 14.0. The van der Waals surface area contributed by atoms with Crippen molar-refractivity contribution in [1.82, 2.24) is 15.1 Å². The molecule has 0 aromatic rings. The van der Waals surface area contributed by atoms with E-state index < -0.39 is 0 Å². The van der Waals surface area contributed by atoms with Crippen LogP contribution in [0.3, 0.4) is 0 Å². The van der Waals surface area contributed by atoms with Crippen molar-refractivity contribution in [2.45, 2.75) is 57.4 Å². The molecule has 1 aliphatic carbocycles. The first-order valence-electron chi connectivity index (χ1n) is 8.48. The summed E-state index contributed by atoms with van der Waals surface area (Å²) >= 11 is 2.11. The van der Waals surface area contributed by atoms with Gasteiger partial charge in [0, 0.05) is 56.3 Å². The summed E-state index contributed by atoms with van der Waals surface area (Å²) < 4.78 is 0. The Morgan fingerprint density at radius 1 is 1.41 bits per heavy atom. The predicted molar refractivity (Wildman–Crippen MR) is 110 cm³/mol. The summed E-state index contributed by atoms with van der Waals surface area (Å²) in [6.45, 7) is 11.3. The Balaban J connectivity index is 0.00000242. The van der Waals surface area contributed by atoms with E-state index in [9.17, 15) is 0 Å². The molecule has 0 amide bonds. The van der Waals surface area contributed by atoms with Crippen molar-refractivity contribution in [3.05, 3.63) is 0 Å². The summed E-state index contributed by atoms with van der Waals surface area (Å²) in [5, 5.41) is 4.34. The number of nitrogens with one attached hydrogen (secondary N) is 1. The van der Waals surface area contributed by atoms with Crippen LogP contribution in [0.25, 0.3) is 0 Å². The summed E-state index contributed by atoms with van der Waals surface area (Å²) in [7, 11) is 1.91. The van der Waals surface area contributed by atoms with E-state index in [2.05, 4.69) is 52.6 Å². The molecular formula is C16H33IN4S. The monoisotopic (exact) mass is 440 g/mol. The Labute approximate surface area is 157 Å². The van der Waals surface area contributed by atoms with Crippen LogP contribution in [0.4, 0.5) is 0 Å². The van der Waals surface area contributed by atoms with Gasteiger partial charge in [-0.2, -0.15) is 11.8 Å². The van der Waals surface area contributed by atoms with Crippen LogP contribution in [0.1, 0.15) is 40.0 Å².